The molecule has 0 bridgehead atoms. The summed E-state index contributed by atoms with van der Waals surface area (Å²) < 4.78 is 27.6. The van der Waals surface area contributed by atoms with E-state index in [1.54, 1.807) is 16.4 Å². The van der Waals surface area contributed by atoms with Crippen LogP contribution < -0.4 is 0 Å². The highest BCUT2D eigenvalue weighted by molar-refractivity contribution is 7.89. The molecular formula is C18H25NO2S. The number of rotatable bonds is 4. The van der Waals surface area contributed by atoms with Crippen LogP contribution in [0.1, 0.15) is 44.6 Å². The highest BCUT2D eigenvalue weighted by Gasteiger charge is 2.56. The average Bonchev–Trinajstić information content (AvgIpc) is 3.24. The Labute approximate surface area is 134 Å². The minimum absolute atomic E-state index is 0.0550. The first kappa shape index (κ1) is 15.8. The fraction of sp³-hybridized carbons (Fsp3) is 0.556. The fourth-order valence-electron chi connectivity index (χ4n) is 3.76. The maximum absolute atomic E-state index is 12.9. The minimum Gasteiger partial charge on any atom is -0.207 e. The molecule has 3 unspecified atom stereocenters. The third kappa shape index (κ3) is 2.86. The van der Waals surface area contributed by atoms with Crippen molar-refractivity contribution in [3.8, 4) is 0 Å². The molecule has 3 atom stereocenters. The Balaban J connectivity index is 1.86. The van der Waals surface area contributed by atoms with Crippen LogP contribution in [0.25, 0.3) is 0 Å². The van der Waals surface area contributed by atoms with E-state index in [1.807, 2.05) is 38.1 Å². The summed E-state index contributed by atoms with van der Waals surface area (Å²) in [4.78, 5) is 0.422. The monoisotopic (exact) mass is 319 g/mol. The normalized spacial score (nSPS) is 29.8. The molecule has 3 rings (SSSR count). The second kappa shape index (κ2) is 6.17. The summed E-state index contributed by atoms with van der Waals surface area (Å²) in [5.74, 6) is 0.523. The van der Waals surface area contributed by atoms with Crippen molar-refractivity contribution in [2.75, 3.05) is 0 Å². The van der Waals surface area contributed by atoms with E-state index in [-0.39, 0.29) is 12.1 Å². The van der Waals surface area contributed by atoms with Crippen molar-refractivity contribution in [1.82, 2.24) is 4.31 Å². The molecule has 0 N–H and O–H groups in total. The maximum Gasteiger partial charge on any atom is 0.243 e. The molecule has 2 aliphatic rings. The fourth-order valence-corrected chi connectivity index (χ4v) is 5.56. The zero-order valence-electron chi connectivity index (χ0n) is 13.4. The van der Waals surface area contributed by atoms with E-state index in [0.29, 0.717) is 10.8 Å². The van der Waals surface area contributed by atoms with Crippen molar-refractivity contribution in [2.45, 2.75) is 62.9 Å². The molecule has 1 saturated heterocycles. The molecule has 120 valence electrons. The molecule has 0 amide bonds. The van der Waals surface area contributed by atoms with Crippen LogP contribution in [0.3, 0.4) is 0 Å². The van der Waals surface area contributed by atoms with Crippen molar-refractivity contribution in [3.05, 3.63) is 42.0 Å². The number of allylic oxidation sites excluding steroid dienone is 1. The van der Waals surface area contributed by atoms with Gasteiger partial charge in [0, 0.05) is 6.04 Å². The predicted octanol–water partition coefficient (Wildman–Crippen LogP) is 3.89. The Morgan fingerprint density at radius 2 is 1.73 bits per heavy atom. The van der Waals surface area contributed by atoms with E-state index >= 15 is 0 Å². The number of hydrogen-bond acceptors (Lipinski definition) is 2. The Morgan fingerprint density at radius 1 is 1.09 bits per heavy atom. The lowest BCUT2D eigenvalue weighted by Gasteiger charge is -2.21. The van der Waals surface area contributed by atoms with Crippen LogP contribution in [-0.2, 0) is 10.0 Å². The summed E-state index contributed by atoms with van der Waals surface area (Å²) in [5, 5.41) is 0. The zero-order valence-corrected chi connectivity index (χ0v) is 14.2. The van der Waals surface area contributed by atoms with Crippen LogP contribution in [0.15, 0.2) is 41.3 Å². The van der Waals surface area contributed by atoms with Crippen molar-refractivity contribution in [3.63, 3.8) is 0 Å². The Hall–Kier alpha value is -1.13. The molecule has 2 fully saturated rings. The van der Waals surface area contributed by atoms with Gasteiger partial charge in [-0.25, -0.2) is 8.42 Å². The van der Waals surface area contributed by atoms with Crippen LogP contribution in [0, 0.1) is 12.8 Å². The molecule has 1 saturated carbocycles. The molecule has 1 aromatic rings. The number of sulfonamides is 1. The second-order valence-electron chi connectivity index (χ2n) is 6.55. The molecule has 0 radical (unpaired) electrons. The van der Waals surface area contributed by atoms with Gasteiger partial charge in [-0.05, 0) is 44.7 Å². The minimum atomic E-state index is -3.37. The molecule has 0 aromatic heterocycles. The third-order valence-electron chi connectivity index (χ3n) is 4.97. The van der Waals surface area contributed by atoms with Gasteiger partial charge in [-0.15, -0.1) is 0 Å². The molecular weight excluding hydrogens is 294 g/mol. The van der Waals surface area contributed by atoms with Gasteiger partial charge in [0.25, 0.3) is 0 Å². The number of nitrogens with zero attached hydrogens (tertiary/aromatic N) is 1. The molecule has 3 nitrogen and oxygen atoms in total. The molecule has 1 aromatic carbocycles. The Kier molecular flexibility index (Phi) is 4.42. The third-order valence-corrected chi connectivity index (χ3v) is 6.88. The van der Waals surface area contributed by atoms with Crippen LogP contribution >= 0.6 is 0 Å². The number of aryl methyl sites for hydroxylation is 1. The average molecular weight is 319 g/mol. The topological polar surface area (TPSA) is 37.1 Å². The van der Waals surface area contributed by atoms with Crippen molar-refractivity contribution >= 4 is 10.0 Å². The summed E-state index contributed by atoms with van der Waals surface area (Å²) in [6.45, 7) is 3.94. The van der Waals surface area contributed by atoms with Crippen molar-refractivity contribution < 1.29 is 8.42 Å². The van der Waals surface area contributed by atoms with Gasteiger partial charge in [0.15, 0.2) is 0 Å². The lowest BCUT2D eigenvalue weighted by atomic mass is 9.86. The molecule has 4 heteroatoms. The van der Waals surface area contributed by atoms with Gasteiger partial charge in [-0.3, -0.25) is 0 Å². The predicted molar refractivity (Wildman–Crippen MR) is 89.2 cm³/mol. The van der Waals surface area contributed by atoms with E-state index in [2.05, 4.69) is 0 Å². The first-order chi connectivity index (χ1) is 10.6. The van der Waals surface area contributed by atoms with Gasteiger partial charge >= 0.3 is 0 Å². The second-order valence-corrected chi connectivity index (χ2v) is 8.40. The van der Waals surface area contributed by atoms with Gasteiger partial charge in [0.2, 0.25) is 10.0 Å². The summed E-state index contributed by atoms with van der Waals surface area (Å²) >= 11 is 0. The summed E-state index contributed by atoms with van der Waals surface area (Å²) in [6.07, 6.45) is 10.1. The Morgan fingerprint density at radius 3 is 2.32 bits per heavy atom. The largest absolute Gasteiger partial charge is 0.243 e. The van der Waals surface area contributed by atoms with Gasteiger partial charge in [0.05, 0.1) is 10.9 Å². The van der Waals surface area contributed by atoms with Crippen LogP contribution in [0.4, 0.5) is 0 Å². The first-order valence-electron chi connectivity index (χ1n) is 8.28. The lowest BCUT2D eigenvalue weighted by molar-refractivity contribution is 0.335. The standard InChI is InChI=1S/C18H25NO2S/c1-3-7-17-18(15-8-5-4-6-9-15)19(17)22(20,21)16-12-10-14(2)11-13-16/h3,7,10-13,15,17-18H,4-6,8-9H2,1-2H3/b7-3+. The zero-order chi connectivity index (χ0) is 15.7. The smallest absolute Gasteiger partial charge is 0.207 e. The highest BCUT2D eigenvalue weighted by atomic mass is 32.2. The van der Waals surface area contributed by atoms with Crippen molar-refractivity contribution in [1.29, 1.82) is 0 Å². The van der Waals surface area contributed by atoms with Crippen LogP contribution in [-0.4, -0.2) is 24.8 Å². The van der Waals surface area contributed by atoms with E-state index in [1.165, 1.54) is 32.1 Å². The van der Waals surface area contributed by atoms with E-state index in [9.17, 15) is 8.42 Å². The Bertz CT molecular complexity index is 642. The summed E-state index contributed by atoms with van der Waals surface area (Å²) in [5.41, 5.74) is 1.08. The quantitative estimate of drug-likeness (QED) is 0.623. The number of hydrogen-bond donors (Lipinski definition) is 0. The highest BCUT2D eigenvalue weighted by Crippen LogP contribution is 2.45. The van der Waals surface area contributed by atoms with Gasteiger partial charge < -0.3 is 0 Å². The van der Waals surface area contributed by atoms with Gasteiger partial charge in [-0.1, -0.05) is 49.1 Å². The van der Waals surface area contributed by atoms with Crippen LogP contribution in [0.2, 0.25) is 0 Å². The molecule has 0 spiro atoms. The van der Waals surface area contributed by atoms with E-state index in [4.69, 9.17) is 0 Å². The SMILES string of the molecule is C/C=C/C1C(C2CCCCC2)N1S(=O)(=O)c1ccc(C)cc1. The van der Waals surface area contributed by atoms with E-state index in [0.717, 1.165) is 5.56 Å². The van der Waals surface area contributed by atoms with Gasteiger partial charge in [-0.2, -0.15) is 4.31 Å². The summed E-state index contributed by atoms with van der Waals surface area (Å²) in [6, 6.07) is 7.43. The molecule has 1 heterocycles. The van der Waals surface area contributed by atoms with E-state index < -0.39 is 10.0 Å². The molecule has 22 heavy (non-hydrogen) atoms. The van der Waals surface area contributed by atoms with Gasteiger partial charge in [0.1, 0.15) is 0 Å². The first-order valence-corrected chi connectivity index (χ1v) is 9.73. The number of benzene rings is 1. The van der Waals surface area contributed by atoms with Crippen molar-refractivity contribution in [2.24, 2.45) is 5.92 Å². The molecule has 1 aliphatic carbocycles. The molecule has 1 aliphatic heterocycles. The summed E-state index contributed by atoms with van der Waals surface area (Å²) in [7, 11) is -3.37. The van der Waals surface area contributed by atoms with Crippen LogP contribution in [0.5, 0.6) is 0 Å². The maximum atomic E-state index is 12.9. The lowest BCUT2D eigenvalue weighted by Crippen LogP contribution is -2.21.